The van der Waals surface area contributed by atoms with E-state index in [9.17, 15) is 9.59 Å². The van der Waals surface area contributed by atoms with Crippen molar-refractivity contribution < 1.29 is 33.1 Å². The van der Waals surface area contributed by atoms with Gasteiger partial charge in [0.05, 0.1) is 58.1 Å². The molecule has 0 saturated carbocycles. The fraction of sp³-hybridized carbons (Fsp3) is 0.407. The van der Waals surface area contributed by atoms with Crippen LogP contribution in [0, 0.1) is 0 Å². The molecule has 0 spiro atoms. The lowest BCUT2D eigenvalue weighted by molar-refractivity contribution is -0.908. The maximum Gasteiger partial charge on any atom is 0.290 e. The van der Waals surface area contributed by atoms with E-state index in [0.29, 0.717) is 45.9 Å². The molecule has 1 fully saturated rings. The van der Waals surface area contributed by atoms with Crippen molar-refractivity contribution in [1.82, 2.24) is 4.90 Å². The molecule has 1 aromatic heterocycles. The summed E-state index contributed by atoms with van der Waals surface area (Å²) in [5.74, 6) is 1.16. The topological polar surface area (TPSA) is 91.9 Å². The van der Waals surface area contributed by atoms with Gasteiger partial charge in [-0.15, -0.1) is 0 Å². The van der Waals surface area contributed by atoms with Crippen molar-refractivity contribution in [2.45, 2.75) is 12.5 Å². The lowest BCUT2D eigenvalue weighted by Gasteiger charge is -2.28. The summed E-state index contributed by atoms with van der Waals surface area (Å²) in [6.07, 6.45) is 0.781. The molecule has 9 heteroatoms. The molecule has 1 atom stereocenters. The highest BCUT2D eigenvalue weighted by Crippen LogP contribution is 2.45. The molecule has 0 aliphatic carbocycles. The van der Waals surface area contributed by atoms with Gasteiger partial charge in [-0.25, -0.2) is 0 Å². The van der Waals surface area contributed by atoms with E-state index in [2.05, 4.69) is 0 Å². The van der Waals surface area contributed by atoms with Gasteiger partial charge in [0.25, 0.3) is 5.91 Å². The number of nitrogens with one attached hydrogen (secondary N) is 1. The number of nitrogens with zero attached hydrogens (tertiary/aromatic N) is 1. The maximum atomic E-state index is 13.7. The molecule has 9 nitrogen and oxygen atoms in total. The van der Waals surface area contributed by atoms with E-state index in [1.807, 2.05) is 0 Å². The minimum Gasteiger partial charge on any atom is -0.493 e. The lowest BCUT2D eigenvalue weighted by Crippen LogP contribution is -3.14. The molecular formula is C27H31N2O7+. The second kappa shape index (κ2) is 10.2. The fourth-order valence-corrected chi connectivity index (χ4v) is 5.21. The van der Waals surface area contributed by atoms with Gasteiger partial charge < -0.3 is 33.2 Å². The number of hydrogen-bond acceptors (Lipinski definition) is 7. The van der Waals surface area contributed by atoms with Gasteiger partial charge in [0.1, 0.15) is 18.7 Å². The summed E-state index contributed by atoms with van der Waals surface area (Å²) in [5, 5.41) is 0.445. The van der Waals surface area contributed by atoms with Crippen molar-refractivity contribution in [2.24, 2.45) is 0 Å². The highest BCUT2D eigenvalue weighted by atomic mass is 16.5. The Bertz CT molecular complexity index is 1300. The average Bonchev–Trinajstić information content (AvgIpc) is 3.20. The molecular weight excluding hydrogens is 464 g/mol. The lowest BCUT2D eigenvalue weighted by atomic mass is 9.97. The standard InChI is InChI=1S/C27H30N2O7/c1-32-20-15-17(16-21(33-2)25(20)34-3)23-22-24(30)18-7-4-5-8-19(18)36-26(22)27(31)29(23)10-6-9-28-11-13-35-14-12-28/h4-5,7-8,15-16,23H,6,9-14H2,1-3H3/p+1/t23-/m0/s1. The molecule has 2 aliphatic heterocycles. The Hall–Kier alpha value is -3.56. The second-order valence-corrected chi connectivity index (χ2v) is 9.00. The SMILES string of the molecule is COc1cc([C@H]2c3c(oc4ccccc4c3=O)C(=O)N2CCC[NH+]2CCOCC2)cc(OC)c1OC. The zero-order valence-electron chi connectivity index (χ0n) is 20.8. The van der Waals surface area contributed by atoms with E-state index in [4.69, 9.17) is 23.4 Å². The van der Waals surface area contributed by atoms with Crippen LogP contribution >= 0.6 is 0 Å². The summed E-state index contributed by atoms with van der Waals surface area (Å²) in [6.45, 7) is 4.80. The number of carbonyl (C=O) groups excluding carboxylic acids is 1. The molecule has 36 heavy (non-hydrogen) atoms. The fourth-order valence-electron chi connectivity index (χ4n) is 5.21. The van der Waals surface area contributed by atoms with Crippen LogP contribution < -0.4 is 24.5 Å². The molecule has 0 radical (unpaired) electrons. The van der Waals surface area contributed by atoms with Gasteiger partial charge in [-0.05, 0) is 29.8 Å². The number of morpholine rings is 1. The van der Waals surface area contributed by atoms with Crippen LogP contribution in [0.2, 0.25) is 0 Å². The monoisotopic (exact) mass is 495 g/mol. The molecule has 3 aromatic rings. The molecule has 1 N–H and O–H groups in total. The number of methoxy groups -OCH3 is 3. The Morgan fingerprint density at radius 1 is 1.00 bits per heavy atom. The average molecular weight is 496 g/mol. The summed E-state index contributed by atoms with van der Waals surface area (Å²) in [4.78, 5) is 30.6. The van der Waals surface area contributed by atoms with E-state index in [-0.39, 0.29) is 17.1 Å². The van der Waals surface area contributed by atoms with Gasteiger partial charge in [-0.1, -0.05) is 12.1 Å². The number of benzene rings is 2. The van der Waals surface area contributed by atoms with Gasteiger partial charge in [0.2, 0.25) is 11.5 Å². The summed E-state index contributed by atoms with van der Waals surface area (Å²) in [5.41, 5.74) is 1.22. The molecule has 3 heterocycles. The number of rotatable bonds is 8. The molecule has 2 aromatic carbocycles. The number of fused-ring (bicyclic) bond motifs is 2. The van der Waals surface area contributed by atoms with Gasteiger partial charge in [-0.3, -0.25) is 9.59 Å². The van der Waals surface area contributed by atoms with Gasteiger partial charge in [0, 0.05) is 13.0 Å². The molecule has 0 bridgehead atoms. The van der Waals surface area contributed by atoms with Crippen LogP contribution in [0.25, 0.3) is 11.0 Å². The summed E-state index contributed by atoms with van der Waals surface area (Å²) >= 11 is 0. The largest absolute Gasteiger partial charge is 0.493 e. The number of carbonyl (C=O) groups is 1. The van der Waals surface area contributed by atoms with Crippen LogP contribution in [0.4, 0.5) is 0 Å². The van der Waals surface area contributed by atoms with Crippen molar-refractivity contribution >= 4 is 16.9 Å². The number of quaternary nitrogens is 1. The Kier molecular flexibility index (Phi) is 6.84. The van der Waals surface area contributed by atoms with Gasteiger partial charge in [-0.2, -0.15) is 0 Å². The maximum absolute atomic E-state index is 13.7. The van der Waals surface area contributed by atoms with Crippen LogP contribution in [0.1, 0.15) is 34.1 Å². The summed E-state index contributed by atoms with van der Waals surface area (Å²) in [7, 11) is 4.62. The first kappa shape index (κ1) is 24.1. The highest BCUT2D eigenvalue weighted by molar-refractivity contribution is 5.99. The molecule has 1 amide bonds. The zero-order chi connectivity index (χ0) is 25.2. The molecule has 190 valence electrons. The first-order valence-electron chi connectivity index (χ1n) is 12.1. The normalized spacial score (nSPS) is 17.9. The van der Waals surface area contributed by atoms with Gasteiger partial charge >= 0.3 is 0 Å². The van der Waals surface area contributed by atoms with Crippen LogP contribution in [-0.4, -0.2) is 71.5 Å². The Labute approximate surface area is 209 Å². The van der Waals surface area contributed by atoms with Crippen molar-refractivity contribution in [3.63, 3.8) is 0 Å². The molecule has 5 rings (SSSR count). The number of ether oxygens (including phenoxy) is 4. The van der Waals surface area contributed by atoms with Crippen molar-refractivity contribution in [3.05, 3.63) is 63.5 Å². The Morgan fingerprint density at radius 3 is 2.36 bits per heavy atom. The molecule has 0 unspecified atom stereocenters. The highest BCUT2D eigenvalue weighted by Gasteiger charge is 2.43. The minimum atomic E-state index is -0.637. The number of hydrogen-bond donors (Lipinski definition) is 1. The van der Waals surface area contributed by atoms with Crippen LogP contribution in [-0.2, 0) is 4.74 Å². The van der Waals surface area contributed by atoms with Gasteiger partial charge in [0.15, 0.2) is 16.9 Å². The predicted octanol–water partition coefficient (Wildman–Crippen LogP) is 1.67. The summed E-state index contributed by atoms with van der Waals surface area (Å²) < 4.78 is 28.1. The first-order valence-corrected chi connectivity index (χ1v) is 12.1. The second-order valence-electron chi connectivity index (χ2n) is 9.00. The number of para-hydroxylation sites is 1. The van der Waals surface area contributed by atoms with E-state index >= 15 is 0 Å². The Balaban J connectivity index is 1.59. The third-order valence-electron chi connectivity index (χ3n) is 7.01. The first-order chi connectivity index (χ1) is 17.6. The van der Waals surface area contributed by atoms with E-state index in [1.54, 1.807) is 55.5 Å². The van der Waals surface area contributed by atoms with Crippen molar-refractivity contribution in [2.75, 3.05) is 60.7 Å². The third-order valence-corrected chi connectivity index (χ3v) is 7.01. The van der Waals surface area contributed by atoms with E-state index in [0.717, 1.165) is 39.3 Å². The van der Waals surface area contributed by atoms with Crippen LogP contribution in [0.15, 0.2) is 45.6 Å². The Morgan fingerprint density at radius 2 is 1.69 bits per heavy atom. The molecule has 1 saturated heterocycles. The smallest absolute Gasteiger partial charge is 0.290 e. The van der Waals surface area contributed by atoms with Crippen LogP contribution in [0.3, 0.4) is 0 Å². The van der Waals surface area contributed by atoms with Crippen LogP contribution in [0.5, 0.6) is 17.2 Å². The summed E-state index contributed by atoms with van der Waals surface area (Å²) in [6, 6.07) is 9.97. The quantitative estimate of drug-likeness (QED) is 0.508. The number of amides is 1. The van der Waals surface area contributed by atoms with E-state index < -0.39 is 6.04 Å². The third kappa shape index (κ3) is 4.18. The van der Waals surface area contributed by atoms with E-state index in [1.165, 1.54) is 12.0 Å². The van der Waals surface area contributed by atoms with Crippen molar-refractivity contribution in [1.29, 1.82) is 0 Å². The molecule has 2 aliphatic rings. The minimum absolute atomic E-state index is 0.0937. The zero-order valence-corrected chi connectivity index (χ0v) is 20.8. The predicted molar refractivity (Wildman–Crippen MR) is 132 cm³/mol. The van der Waals surface area contributed by atoms with Crippen molar-refractivity contribution in [3.8, 4) is 17.2 Å².